The van der Waals surface area contributed by atoms with Crippen LogP contribution in [0.2, 0.25) is 6.04 Å². The zero-order valence-corrected chi connectivity index (χ0v) is 13.5. The second kappa shape index (κ2) is 7.00. The normalized spacial score (nSPS) is 31.5. The van der Waals surface area contributed by atoms with Crippen molar-refractivity contribution in [2.75, 3.05) is 27.9 Å². The third-order valence-corrected chi connectivity index (χ3v) is 8.55. The second-order valence-corrected chi connectivity index (χ2v) is 8.51. The van der Waals surface area contributed by atoms with Gasteiger partial charge in [-0.05, 0) is 32.2 Å². The van der Waals surface area contributed by atoms with Crippen LogP contribution in [-0.2, 0) is 18.3 Å². The summed E-state index contributed by atoms with van der Waals surface area (Å²) in [5.41, 5.74) is 0. The van der Waals surface area contributed by atoms with Crippen molar-refractivity contribution in [2.24, 2.45) is 0 Å². The molecule has 0 aromatic carbocycles. The Morgan fingerprint density at radius 1 is 1.17 bits per heavy atom. The standard InChI is InChI=1S/C13H28O4Si/c1-6-10-13(14-3)12(17-7-2)9-8-11-18(13,15-4)16-5/h12H,6-11H2,1-5H3. The fraction of sp³-hybridized carbons (Fsp3) is 1.00. The van der Waals surface area contributed by atoms with Gasteiger partial charge in [0.05, 0.1) is 6.10 Å². The quantitative estimate of drug-likeness (QED) is 0.670. The largest absolute Gasteiger partial charge is 0.396 e. The molecule has 0 saturated carbocycles. The maximum atomic E-state index is 5.97. The van der Waals surface area contributed by atoms with Crippen molar-refractivity contribution in [3.05, 3.63) is 0 Å². The summed E-state index contributed by atoms with van der Waals surface area (Å²) in [4.78, 5) is 0. The van der Waals surface area contributed by atoms with Crippen molar-refractivity contribution in [2.45, 2.75) is 56.9 Å². The van der Waals surface area contributed by atoms with Gasteiger partial charge in [0.1, 0.15) is 5.22 Å². The van der Waals surface area contributed by atoms with Crippen LogP contribution in [0.3, 0.4) is 0 Å². The summed E-state index contributed by atoms with van der Waals surface area (Å²) in [5.74, 6) is 0. The molecule has 1 fully saturated rings. The van der Waals surface area contributed by atoms with Gasteiger partial charge in [0.2, 0.25) is 0 Å². The molecule has 0 aromatic rings. The first-order valence-corrected chi connectivity index (χ1v) is 8.95. The first-order valence-electron chi connectivity index (χ1n) is 6.93. The molecule has 1 aliphatic heterocycles. The van der Waals surface area contributed by atoms with Crippen LogP contribution < -0.4 is 0 Å². The SMILES string of the molecule is CCCC1(OC)C(OCC)CCC[Si]1(OC)OC. The van der Waals surface area contributed by atoms with Gasteiger partial charge in [0, 0.05) is 27.9 Å². The molecule has 0 radical (unpaired) electrons. The minimum atomic E-state index is -2.38. The summed E-state index contributed by atoms with van der Waals surface area (Å²) in [7, 11) is 2.91. The van der Waals surface area contributed by atoms with Crippen LogP contribution in [0.15, 0.2) is 0 Å². The van der Waals surface area contributed by atoms with Gasteiger partial charge in [-0.2, -0.15) is 0 Å². The highest BCUT2D eigenvalue weighted by molar-refractivity contribution is 6.71. The number of methoxy groups -OCH3 is 1. The minimum Gasteiger partial charge on any atom is -0.396 e. The molecular weight excluding hydrogens is 248 g/mol. The molecule has 1 aliphatic rings. The molecule has 4 nitrogen and oxygen atoms in total. The van der Waals surface area contributed by atoms with E-state index in [-0.39, 0.29) is 11.3 Å². The summed E-state index contributed by atoms with van der Waals surface area (Å²) in [5, 5.41) is -0.375. The Kier molecular flexibility index (Phi) is 6.27. The monoisotopic (exact) mass is 276 g/mol. The van der Waals surface area contributed by atoms with Crippen LogP contribution >= 0.6 is 0 Å². The molecule has 1 saturated heterocycles. The first kappa shape index (κ1) is 16.1. The smallest absolute Gasteiger partial charge is 0.373 e. The van der Waals surface area contributed by atoms with Crippen molar-refractivity contribution < 1.29 is 18.3 Å². The number of rotatable bonds is 7. The molecule has 0 bridgehead atoms. The lowest BCUT2D eigenvalue weighted by Crippen LogP contribution is -2.70. The molecule has 0 spiro atoms. The number of ether oxygens (including phenoxy) is 2. The highest BCUT2D eigenvalue weighted by Gasteiger charge is 2.63. The van der Waals surface area contributed by atoms with Crippen LogP contribution in [0.5, 0.6) is 0 Å². The van der Waals surface area contributed by atoms with E-state index < -0.39 is 8.56 Å². The second-order valence-electron chi connectivity index (χ2n) is 4.84. The lowest BCUT2D eigenvalue weighted by atomic mass is 10.0. The van der Waals surface area contributed by atoms with Gasteiger partial charge < -0.3 is 18.3 Å². The molecule has 0 N–H and O–H groups in total. The van der Waals surface area contributed by atoms with Crippen molar-refractivity contribution in [3.63, 3.8) is 0 Å². The van der Waals surface area contributed by atoms with E-state index in [0.29, 0.717) is 6.61 Å². The van der Waals surface area contributed by atoms with E-state index in [2.05, 4.69) is 6.92 Å². The molecule has 5 heteroatoms. The zero-order chi connectivity index (χ0) is 13.6. The van der Waals surface area contributed by atoms with Crippen LogP contribution in [0.25, 0.3) is 0 Å². The Hall–Kier alpha value is 0.0569. The van der Waals surface area contributed by atoms with Gasteiger partial charge in [-0.1, -0.05) is 13.3 Å². The molecule has 0 aromatic heterocycles. The first-order chi connectivity index (χ1) is 8.66. The predicted octanol–water partition coefficient (Wildman–Crippen LogP) is 2.64. The highest BCUT2D eigenvalue weighted by atomic mass is 28.4. The Balaban J connectivity index is 3.13. The molecule has 2 atom stereocenters. The van der Waals surface area contributed by atoms with Crippen LogP contribution in [0.4, 0.5) is 0 Å². The molecular formula is C13H28O4Si. The van der Waals surface area contributed by atoms with Gasteiger partial charge >= 0.3 is 8.56 Å². The summed E-state index contributed by atoms with van der Waals surface area (Å²) >= 11 is 0. The Morgan fingerprint density at radius 3 is 2.28 bits per heavy atom. The van der Waals surface area contributed by atoms with E-state index in [1.54, 1.807) is 21.3 Å². The number of hydrogen-bond donors (Lipinski definition) is 0. The summed E-state index contributed by atoms with van der Waals surface area (Å²) < 4.78 is 23.7. The summed E-state index contributed by atoms with van der Waals surface area (Å²) in [6.07, 6.45) is 4.19. The molecule has 108 valence electrons. The van der Waals surface area contributed by atoms with Crippen LogP contribution in [0, 0.1) is 0 Å². The lowest BCUT2D eigenvalue weighted by Gasteiger charge is -2.51. The highest BCUT2D eigenvalue weighted by Crippen LogP contribution is 2.44. The topological polar surface area (TPSA) is 36.9 Å². The van der Waals surface area contributed by atoms with E-state index in [1.165, 1.54) is 0 Å². The van der Waals surface area contributed by atoms with Crippen molar-refractivity contribution in [3.8, 4) is 0 Å². The number of hydrogen-bond acceptors (Lipinski definition) is 4. The van der Waals surface area contributed by atoms with E-state index in [1.807, 2.05) is 6.92 Å². The molecule has 18 heavy (non-hydrogen) atoms. The van der Waals surface area contributed by atoms with Crippen molar-refractivity contribution in [1.82, 2.24) is 0 Å². The third kappa shape index (κ3) is 2.51. The average molecular weight is 276 g/mol. The van der Waals surface area contributed by atoms with Crippen LogP contribution in [-0.4, -0.2) is 47.8 Å². The van der Waals surface area contributed by atoms with E-state index in [9.17, 15) is 0 Å². The zero-order valence-electron chi connectivity index (χ0n) is 12.5. The minimum absolute atomic E-state index is 0.0905. The maximum absolute atomic E-state index is 5.97. The van der Waals surface area contributed by atoms with Crippen LogP contribution in [0.1, 0.15) is 39.5 Å². The van der Waals surface area contributed by atoms with E-state index >= 15 is 0 Å². The lowest BCUT2D eigenvalue weighted by molar-refractivity contribution is -0.120. The fourth-order valence-electron chi connectivity index (χ4n) is 3.37. The molecule has 1 heterocycles. The molecule has 2 unspecified atom stereocenters. The van der Waals surface area contributed by atoms with Gasteiger partial charge in [0.15, 0.2) is 0 Å². The Labute approximate surface area is 112 Å². The molecule has 0 aliphatic carbocycles. The van der Waals surface area contributed by atoms with Gasteiger partial charge in [-0.15, -0.1) is 0 Å². The average Bonchev–Trinajstić information content (AvgIpc) is 2.41. The van der Waals surface area contributed by atoms with E-state index in [0.717, 1.165) is 31.7 Å². The maximum Gasteiger partial charge on any atom is 0.373 e. The Morgan fingerprint density at radius 2 is 1.83 bits per heavy atom. The summed E-state index contributed by atoms with van der Waals surface area (Å²) in [6.45, 7) is 4.91. The van der Waals surface area contributed by atoms with Gasteiger partial charge in [-0.25, -0.2) is 0 Å². The molecule has 0 amide bonds. The summed E-state index contributed by atoms with van der Waals surface area (Å²) in [6, 6.07) is 0.984. The Bertz CT molecular complexity index is 243. The van der Waals surface area contributed by atoms with Crippen molar-refractivity contribution in [1.29, 1.82) is 0 Å². The fourth-order valence-corrected chi connectivity index (χ4v) is 7.39. The predicted molar refractivity (Wildman–Crippen MR) is 73.9 cm³/mol. The van der Waals surface area contributed by atoms with Gasteiger partial charge in [0.25, 0.3) is 0 Å². The van der Waals surface area contributed by atoms with Crippen molar-refractivity contribution >= 4 is 8.56 Å². The van der Waals surface area contributed by atoms with E-state index in [4.69, 9.17) is 18.3 Å². The third-order valence-electron chi connectivity index (χ3n) is 4.15. The van der Waals surface area contributed by atoms with Gasteiger partial charge in [-0.3, -0.25) is 0 Å². The molecule has 1 rings (SSSR count).